The number of anilines is 2. The highest BCUT2D eigenvalue weighted by Crippen LogP contribution is 2.46. The average molecular weight is 525 g/mol. The van der Waals surface area contributed by atoms with E-state index in [1.165, 1.54) is 27.7 Å². The summed E-state index contributed by atoms with van der Waals surface area (Å²) in [6.07, 6.45) is -5.49. The van der Waals surface area contributed by atoms with Gasteiger partial charge in [0.2, 0.25) is 5.91 Å². The Morgan fingerprint density at radius 3 is 2.33 bits per heavy atom. The van der Waals surface area contributed by atoms with E-state index in [-0.39, 0.29) is 17.9 Å². The molecule has 7 nitrogen and oxygen atoms in total. The van der Waals surface area contributed by atoms with Gasteiger partial charge >= 0.3 is 6.18 Å². The summed E-state index contributed by atoms with van der Waals surface area (Å²) in [6.45, 7) is 3.01. The van der Waals surface area contributed by atoms with E-state index in [2.05, 4.69) is 15.9 Å². The fraction of sp³-hybridized carbons (Fsp3) is 0.318. The van der Waals surface area contributed by atoms with Gasteiger partial charge in [-0.2, -0.15) is 13.2 Å². The van der Waals surface area contributed by atoms with Gasteiger partial charge < -0.3 is 15.5 Å². The molecule has 174 valence electrons. The molecule has 0 unspecified atom stereocenters. The number of benzene rings is 2. The molecule has 0 saturated carbocycles. The van der Waals surface area contributed by atoms with Crippen molar-refractivity contribution in [1.82, 2.24) is 4.90 Å². The SMILES string of the molecule is C[C@@H]1C(=O)N2c3ccc(C(F)(F)F)cc3N([C@@H](C)C(N)=O)[C@H]2CN1C(=O)c1ccc(Br)cc1. The topological polar surface area (TPSA) is 87.0 Å². The lowest BCUT2D eigenvalue weighted by atomic mass is 10.1. The van der Waals surface area contributed by atoms with Crippen LogP contribution in [0.15, 0.2) is 46.9 Å². The minimum Gasteiger partial charge on any atom is -0.368 e. The van der Waals surface area contributed by atoms with Crippen molar-refractivity contribution in [1.29, 1.82) is 0 Å². The molecule has 2 aliphatic heterocycles. The molecule has 11 heteroatoms. The number of piperazine rings is 1. The highest BCUT2D eigenvalue weighted by Gasteiger charge is 2.51. The van der Waals surface area contributed by atoms with Gasteiger partial charge in [-0.3, -0.25) is 19.3 Å². The zero-order valence-electron chi connectivity index (χ0n) is 17.6. The minimum absolute atomic E-state index is 0.0184. The summed E-state index contributed by atoms with van der Waals surface area (Å²) in [5.74, 6) is -1.63. The smallest absolute Gasteiger partial charge is 0.368 e. The molecular formula is C22H20BrF3N4O3. The number of halogens is 4. The predicted octanol–water partition coefficient (Wildman–Crippen LogP) is 3.37. The van der Waals surface area contributed by atoms with Crippen LogP contribution in [-0.4, -0.2) is 47.4 Å². The second kappa shape index (κ2) is 8.05. The Bertz CT molecular complexity index is 1140. The molecule has 0 radical (unpaired) electrons. The number of fused-ring (bicyclic) bond motifs is 3. The van der Waals surface area contributed by atoms with Crippen molar-refractivity contribution in [3.63, 3.8) is 0 Å². The largest absolute Gasteiger partial charge is 0.416 e. The molecule has 0 bridgehead atoms. The molecule has 1 saturated heterocycles. The van der Waals surface area contributed by atoms with E-state index in [0.29, 0.717) is 5.56 Å². The lowest BCUT2D eigenvalue weighted by molar-refractivity contribution is -0.137. The predicted molar refractivity (Wildman–Crippen MR) is 118 cm³/mol. The van der Waals surface area contributed by atoms with Crippen LogP contribution in [0.3, 0.4) is 0 Å². The van der Waals surface area contributed by atoms with Crippen LogP contribution in [0.5, 0.6) is 0 Å². The number of carbonyl (C=O) groups is 3. The summed E-state index contributed by atoms with van der Waals surface area (Å²) in [5.41, 5.74) is 5.25. The third-order valence-corrected chi connectivity index (χ3v) is 6.59. The van der Waals surface area contributed by atoms with Gasteiger partial charge in [-0.15, -0.1) is 0 Å². The summed E-state index contributed by atoms with van der Waals surface area (Å²) in [4.78, 5) is 42.7. The van der Waals surface area contributed by atoms with Crippen LogP contribution in [-0.2, 0) is 15.8 Å². The second-order valence-electron chi connectivity index (χ2n) is 8.02. The molecule has 0 aromatic heterocycles. The quantitative estimate of drug-likeness (QED) is 0.666. The van der Waals surface area contributed by atoms with E-state index in [1.807, 2.05) is 0 Å². The maximum atomic E-state index is 13.4. The summed E-state index contributed by atoms with van der Waals surface area (Å²) in [5, 5.41) is 0. The zero-order valence-corrected chi connectivity index (χ0v) is 19.2. The third kappa shape index (κ3) is 3.84. The first-order valence-corrected chi connectivity index (χ1v) is 10.9. The molecule has 33 heavy (non-hydrogen) atoms. The molecule has 2 heterocycles. The van der Waals surface area contributed by atoms with Gasteiger partial charge in [-0.05, 0) is 56.3 Å². The summed E-state index contributed by atoms with van der Waals surface area (Å²) >= 11 is 3.31. The van der Waals surface area contributed by atoms with Gasteiger partial charge in [0.25, 0.3) is 11.8 Å². The van der Waals surface area contributed by atoms with Gasteiger partial charge in [-0.1, -0.05) is 15.9 Å². The van der Waals surface area contributed by atoms with Crippen LogP contribution >= 0.6 is 15.9 Å². The van der Waals surface area contributed by atoms with Crippen molar-refractivity contribution in [3.8, 4) is 0 Å². The zero-order chi connectivity index (χ0) is 24.2. The van der Waals surface area contributed by atoms with E-state index in [0.717, 1.165) is 16.6 Å². The number of hydrogen-bond donors (Lipinski definition) is 1. The molecule has 3 amide bonds. The molecule has 2 N–H and O–H groups in total. The van der Waals surface area contributed by atoms with Crippen LogP contribution in [0.25, 0.3) is 0 Å². The number of amides is 3. The first-order valence-electron chi connectivity index (χ1n) is 10.1. The minimum atomic E-state index is -4.61. The van der Waals surface area contributed by atoms with Gasteiger partial charge in [0.1, 0.15) is 18.2 Å². The van der Waals surface area contributed by atoms with Crippen molar-refractivity contribution < 1.29 is 27.6 Å². The Morgan fingerprint density at radius 1 is 1.12 bits per heavy atom. The number of nitrogens with zero attached hydrogens (tertiary/aromatic N) is 3. The van der Waals surface area contributed by atoms with Crippen molar-refractivity contribution in [2.24, 2.45) is 5.73 Å². The molecule has 1 fully saturated rings. The standard InChI is InChI=1S/C22H20BrF3N4O3/c1-11(19(27)31)29-17-9-14(22(24,25)26)5-8-16(17)30-18(29)10-28(12(2)20(30)32)21(33)13-3-6-15(23)7-4-13/h3-9,11-12,18H,10H2,1-2H3,(H2,27,31)/t11-,12+,18+/m0/s1. The summed E-state index contributed by atoms with van der Waals surface area (Å²) in [6, 6.07) is 7.75. The van der Waals surface area contributed by atoms with Crippen LogP contribution < -0.4 is 15.5 Å². The lowest BCUT2D eigenvalue weighted by Gasteiger charge is -2.44. The normalized spacial score (nSPS) is 21.0. The molecule has 0 spiro atoms. The van der Waals surface area contributed by atoms with Crippen molar-refractivity contribution in [3.05, 3.63) is 58.1 Å². The molecular weight excluding hydrogens is 505 g/mol. The molecule has 4 rings (SSSR count). The lowest BCUT2D eigenvalue weighted by Crippen LogP contribution is -2.66. The fourth-order valence-electron chi connectivity index (χ4n) is 4.28. The van der Waals surface area contributed by atoms with E-state index >= 15 is 0 Å². The van der Waals surface area contributed by atoms with E-state index < -0.39 is 47.7 Å². The van der Waals surface area contributed by atoms with Gasteiger partial charge in [0.15, 0.2) is 0 Å². The van der Waals surface area contributed by atoms with Crippen LogP contribution in [0, 0.1) is 0 Å². The van der Waals surface area contributed by atoms with Gasteiger partial charge in [0, 0.05) is 10.0 Å². The summed E-state index contributed by atoms with van der Waals surface area (Å²) < 4.78 is 40.9. The highest BCUT2D eigenvalue weighted by atomic mass is 79.9. The third-order valence-electron chi connectivity index (χ3n) is 6.06. The first-order chi connectivity index (χ1) is 15.4. The number of nitrogens with two attached hydrogens (primary N) is 1. The van der Waals surface area contributed by atoms with E-state index in [4.69, 9.17) is 5.73 Å². The second-order valence-corrected chi connectivity index (χ2v) is 8.93. The Kier molecular flexibility index (Phi) is 5.63. The van der Waals surface area contributed by atoms with Gasteiger partial charge in [0.05, 0.1) is 23.5 Å². The Balaban J connectivity index is 1.78. The number of alkyl halides is 3. The van der Waals surface area contributed by atoms with Crippen LogP contribution in [0.1, 0.15) is 29.8 Å². The average Bonchev–Trinajstić information content (AvgIpc) is 3.08. The molecule has 2 aliphatic rings. The number of rotatable bonds is 3. The summed E-state index contributed by atoms with van der Waals surface area (Å²) in [7, 11) is 0. The van der Waals surface area contributed by atoms with Crippen LogP contribution in [0.4, 0.5) is 24.5 Å². The Morgan fingerprint density at radius 2 is 1.76 bits per heavy atom. The van der Waals surface area contributed by atoms with Crippen molar-refractivity contribution in [2.45, 2.75) is 38.3 Å². The van der Waals surface area contributed by atoms with E-state index in [9.17, 15) is 27.6 Å². The monoisotopic (exact) mass is 524 g/mol. The Hall–Kier alpha value is -3.08. The van der Waals surface area contributed by atoms with Crippen molar-refractivity contribution >= 4 is 45.0 Å². The maximum absolute atomic E-state index is 13.4. The maximum Gasteiger partial charge on any atom is 0.416 e. The number of carbonyl (C=O) groups excluding carboxylic acids is 3. The molecule has 0 aliphatic carbocycles. The highest BCUT2D eigenvalue weighted by molar-refractivity contribution is 9.10. The van der Waals surface area contributed by atoms with Crippen molar-refractivity contribution in [2.75, 3.05) is 16.3 Å². The number of primary amides is 1. The van der Waals surface area contributed by atoms with E-state index in [1.54, 1.807) is 31.2 Å². The Labute approximate surface area is 196 Å². The molecule has 2 aromatic rings. The number of hydrogen-bond acceptors (Lipinski definition) is 4. The van der Waals surface area contributed by atoms with Crippen LogP contribution in [0.2, 0.25) is 0 Å². The molecule has 2 aromatic carbocycles. The first kappa shape index (κ1) is 23.1. The van der Waals surface area contributed by atoms with Gasteiger partial charge in [-0.25, -0.2) is 0 Å². The fourth-order valence-corrected chi connectivity index (χ4v) is 4.54. The molecule has 3 atom stereocenters.